The van der Waals surface area contributed by atoms with Crippen LogP contribution in [0.4, 0.5) is 5.82 Å². The van der Waals surface area contributed by atoms with Crippen LogP contribution >= 0.6 is 0 Å². The topological polar surface area (TPSA) is 81.2 Å². The van der Waals surface area contributed by atoms with Crippen LogP contribution in [0.5, 0.6) is 0 Å². The van der Waals surface area contributed by atoms with Crippen molar-refractivity contribution >= 4 is 17.8 Å². The fraction of sp³-hybridized carbons (Fsp3) is 0.200. The van der Waals surface area contributed by atoms with Gasteiger partial charge in [-0.1, -0.05) is 18.2 Å². The number of carbonyl (C=O) groups excluding carboxylic acids is 1. The van der Waals surface area contributed by atoms with E-state index in [0.717, 1.165) is 16.8 Å². The average Bonchev–Trinajstić information content (AvgIpc) is 2.42. The number of hydrogen-bond donors (Lipinski definition) is 1. The molecule has 0 bridgehead atoms. The summed E-state index contributed by atoms with van der Waals surface area (Å²) in [7, 11) is 0. The molecule has 0 spiro atoms. The highest BCUT2D eigenvalue weighted by Gasteiger charge is 2.02. The predicted octanol–water partition coefficient (Wildman–Crippen LogP) is 2.19. The van der Waals surface area contributed by atoms with Gasteiger partial charge in [-0.25, -0.2) is 9.97 Å². The lowest BCUT2D eigenvalue weighted by molar-refractivity contribution is 0.101. The summed E-state index contributed by atoms with van der Waals surface area (Å²) in [5, 5.41) is 0. The minimum absolute atomic E-state index is 0.0485. The molecule has 0 aliphatic heterocycles. The molecule has 2 N–H and O–H groups in total. The molecular weight excluding hydrogens is 252 g/mol. The number of carbonyl (C=O) groups is 1. The lowest BCUT2D eigenvalue weighted by Crippen LogP contribution is -2.01. The van der Waals surface area contributed by atoms with Gasteiger partial charge in [0.1, 0.15) is 12.1 Å². The van der Waals surface area contributed by atoms with Gasteiger partial charge in [0.2, 0.25) is 0 Å². The lowest BCUT2D eigenvalue weighted by atomic mass is 10.1. The number of nitrogen functional groups attached to an aromatic ring is 1. The molecule has 1 aromatic heterocycles. The van der Waals surface area contributed by atoms with Crippen LogP contribution in [0.1, 0.15) is 34.1 Å². The number of nitrogens with zero attached hydrogens (tertiary/aromatic N) is 3. The second-order valence-electron chi connectivity index (χ2n) is 4.48. The van der Waals surface area contributed by atoms with Gasteiger partial charge in [0.25, 0.3) is 0 Å². The first-order chi connectivity index (χ1) is 9.58. The SMILES string of the molecule is CC(=O)c1cccc(CN=Cc2c(C)ncnc2N)c1. The van der Waals surface area contributed by atoms with E-state index in [1.54, 1.807) is 19.2 Å². The molecular formula is C15H16N4O. The highest BCUT2D eigenvalue weighted by atomic mass is 16.1. The third kappa shape index (κ3) is 3.26. The summed E-state index contributed by atoms with van der Waals surface area (Å²) in [6, 6.07) is 7.43. The smallest absolute Gasteiger partial charge is 0.159 e. The van der Waals surface area contributed by atoms with Crippen LogP contribution in [0, 0.1) is 6.92 Å². The average molecular weight is 268 g/mol. The Hall–Kier alpha value is -2.56. The quantitative estimate of drug-likeness (QED) is 0.680. The number of nitrogens with two attached hydrogens (primary N) is 1. The van der Waals surface area contributed by atoms with E-state index < -0.39 is 0 Å². The van der Waals surface area contributed by atoms with Crippen molar-refractivity contribution in [2.45, 2.75) is 20.4 Å². The maximum Gasteiger partial charge on any atom is 0.159 e. The third-order valence-electron chi connectivity index (χ3n) is 2.94. The van der Waals surface area contributed by atoms with Gasteiger partial charge < -0.3 is 5.73 Å². The molecule has 0 saturated carbocycles. The first-order valence-electron chi connectivity index (χ1n) is 6.24. The van der Waals surface area contributed by atoms with Gasteiger partial charge in [-0.3, -0.25) is 9.79 Å². The second kappa shape index (κ2) is 6.06. The summed E-state index contributed by atoms with van der Waals surface area (Å²) in [4.78, 5) is 23.7. The maximum absolute atomic E-state index is 11.3. The van der Waals surface area contributed by atoms with Crippen LogP contribution in [0.3, 0.4) is 0 Å². The summed E-state index contributed by atoms with van der Waals surface area (Å²) < 4.78 is 0. The van der Waals surface area contributed by atoms with Gasteiger partial charge in [0, 0.05) is 11.8 Å². The minimum Gasteiger partial charge on any atom is -0.383 e. The van der Waals surface area contributed by atoms with Crippen LogP contribution in [0.25, 0.3) is 0 Å². The van der Waals surface area contributed by atoms with Crippen molar-refractivity contribution in [1.29, 1.82) is 0 Å². The predicted molar refractivity (Wildman–Crippen MR) is 78.9 cm³/mol. The molecule has 5 nitrogen and oxygen atoms in total. The molecule has 0 aliphatic rings. The van der Waals surface area contributed by atoms with Crippen LogP contribution in [-0.4, -0.2) is 22.0 Å². The molecule has 0 amide bonds. The summed E-state index contributed by atoms with van der Waals surface area (Å²) in [6.07, 6.45) is 3.10. The van der Waals surface area contributed by atoms with E-state index in [4.69, 9.17) is 5.73 Å². The number of rotatable bonds is 4. The van der Waals surface area contributed by atoms with E-state index in [-0.39, 0.29) is 5.78 Å². The number of Topliss-reactive ketones (excluding diaryl/α,β-unsaturated/α-hetero) is 1. The molecule has 2 rings (SSSR count). The number of benzene rings is 1. The zero-order chi connectivity index (χ0) is 14.5. The van der Waals surface area contributed by atoms with E-state index in [0.29, 0.717) is 17.9 Å². The Labute approximate surface area is 117 Å². The van der Waals surface area contributed by atoms with E-state index in [2.05, 4.69) is 15.0 Å². The first-order valence-corrected chi connectivity index (χ1v) is 6.24. The van der Waals surface area contributed by atoms with Crippen LogP contribution in [0.15, 0.2) is 35.6 Å². The molecule has 0 fully saturated rings. The Kier molecular flexibility index (Phi) is 4.20. The van der Waals surface area contributed by atoms with Crippen molar-refractivity contribution in [2.24, 2.45) is 4.99 Å². The molecule has 0 unspecified atom stereocenters. The fourth-order valence-electron chi connectivity index (χ4n) is 1.79. The molecule has 20 heavy (non-hydrogen) atoms. The molecule has 0 radical (unpaired) electrons. The number of hydrogen-bond acceptors (Lipinski definition) is 5. The molecule has 0 atom stereocenters. The number of aryl methyl sites for hydroxylation is 1. The monoisotopic (exact) mass is 268 g/mol. The molecule has 102 valence electrons. The van der Waals surface area contributed by atoms with Crippen molar-refractivity contribution in [3.63, 3.8) is 0 Å². The summed E-state index contributed by atoms with van der Waals surface area (Å²) >= 11 is 0. The summed E-state index contributed by atoms with van der Waals surface area (Å²) in [5.41, 5.74) is 8.97. The van der Waals surface area contributed by atoms with Crippen molar-refractivity contribution in [3.05, 3.63) is 53.0 Å². The zero-order valence-electron chi connectivity index (χ0n) is 11.5. The lowest BCUT2D eigenvalue weighted by Gasteiger charge is -2.02. The van der Waals surface area contributed by atoms with E-state index in [1.807, 2.05) is 25.1 Å². The highest BCUT2D eigenvalue weighted by Crippen LogP contribution is 2.10. The number of aromatic nitrogens is 2. The molecule has 2 aromatic rings. The van der Waals surface area contributed by atoms with Gasteiger partial charge in [-0.2, -0.15) is 0 Å². The second-order valence-corrected chi connectivity index (χ2v) is 4.48. The molecule has 0 saturated heterocycles. The maximum atomic E-state index is 11.3. The largest absolute Gasteiger partial charge is 0.383 e. The third-order valence-corrected chi connectivity index (χ3v) is 2.94. The Morgan fingerprint density at radius 2 is 2.20 bits per heavy atom. The van der Waals surface area contributed by atoms with Crippen molar-refractivity contribution < 1.29 is 4.79 Å². The molecule has 5 heteroatoms. The Balaban J connectivity index is 2.14. The minimum atomic E-state index is 0.0485. The normalized spacial score (nSPS) is 10.9. The van der Waals surface area contributed by atoms with Gasteiger partial charge in [-0.15, -0.1) is 0 Å². The van der Waals surface area contributed by atoms with Crippen molar-refractivity contribution in [2.75, 3.05) is 5.73 Å². The fourth-order valence-corrected chi connectivity index (χ4v) is 1.79. The van der Waals surface area contributed by atoms with Crippen LogP contribution < -0.4 is 5.73 Å². The van der Waals surface area contributed by atoms with Gasteiger partial charge in [-0.05, 0) is 25.5 Å². The van der Waals surface area contributed by atoms with E-state index in [1.165, 1.54) is 6.33 Å². The number of aliphatic imine (C=N–C) groups is 1. The van der Waals surface area contributed by atoms with Crippen molar-refractivity contribution in [1.82, 2.24) is 9.97 Å². The number of ketones is 1. The van der Waals surface area contributed by atoms with Gasteiger partial charge in [0.15, 0.2) is 5.78 Å². The molecule has 1 heterocycles. The van der Waals surface area contributed by atoms with Gasteiger partial charge >= 0.3 is 0 Å². The van der Waals surface area contributed by atoms with E-state index >= 15 is 0 Å². The summed E-state index contributed by atoms with van der Waals surface area (Å²) in [6.45, 7) is 3.89. The first kappa shape index (κ1) is 13.9. The van der Waals surface area contributed by atoms with Crippen molar-refractivity contribution in [3.8, 4) is 0 Å². The standard InChI is InChI=1S/C15H16N4O/c1-10-14(15(16)19-9-18-10)8-17-7-12-4-3-5-13(6-12)11(2)20/h3-6,8-9H,7H2,1-2H3,(H2,16,18,19). The van der Waals surface area contributed by atoms with Crippen LogP contribution in [0.2, 0.25) is 0 Å². The van der Waals surface area contributed by atoms with Crippen LogP contribution in [-0.2, 0) is 6.54 Å². The Bertz CT molecular complexity index is 644. The Morgan fingerprint density at radius 1 is 1.40 bits per heavy atom. The van der Waals surface area contributed by atoms with Gasteiger partial charge in [0.05, 0.1) is 17.8 Å². The highest BCUT2D eigenvalue weighted by molar-refractivity contribution is 5.94. The summed E-state index contributed by atoms with van der Waals surface area (Å²) in [5.74, 6) is 0.464. The zero-order valence-corrected chi connectivity index (χ0v) is 11.5. The van der Waals surface area contributed by atoms with E-state index in [9.17, 15) is 4.79 Å². The molecule has 0 aliphatic carbocycles. The number of anilines is 1. The Morgan fingerprint density at radius 3 is 2.90 bits per heavy atom. The molecule has 1 aromatic carbocycles.